The third-order valence-electron chi connectivity index (χ3n) is 1.96. The maximum atomic E-state index is 13.4. The van der Waals surface area contributed by atoms with Crippen molar-refractivity contribution in [3.8, 4) is 0 Å². The Labute approximate surface area is 91.2 Å². The zero-order valence-electron chi connectivity index (χ0n) is 8.96. The van der Waals surface area contributed by atoms with Crippen molar-refractivity contribution in [2.75, 3.05) is 0 Å². The molecular formula is C10H12F2N2O2. The monoisotopic (exact) mass is 230 g/mol. The predicted molar refractivity (Wildman–Crippen MR) is 55.0 cm³/mol. The normalized spacial score (nSPS) is 11.6. The highest BCUT2D eigenvalue weighted by atomic mass is 19.1. The molecule has 2 N–H and O–H groups in total. The molecule has 0 spiro atoms. The van der Waals surface area contributed by atoms with Gasteiger partial charge in [-0.25, -0.2) is 4.39 Å². The zero-order valence-corrected chi connectivity index (χ0v) is 8.96. The minimum atomic E-state index is -1.05. The molecule has 1 rings (SSSR count). The fourth-order valence-electron chi connectivity index (χ4n) is 1.34. The van der Waals surface area contributed by atoms with Crippen LogP contribution in [-0.2, 0) is 6.42 Å². The Morgan fingerprint density at radius 2 is 1.94 bits per heavy atom. The van der Waals surface area contributed by atoms with Crippen LogP contribution in [0.4, 0.5) is 14.5 Å². The van der Waals surface area contributed by atoms with Gasteiger partial charge in [0.25, 0.3) is 0 Å². The molecular weight excluding hydrogens is 218 g/mol. The maximum Gasteiger partial charge on any atom is 0.307 e. The average Bonchev–Trinajstić information content (AvgIpc) is 2.07. The highest BCUT2D eigenvalue weighted by molar-refractivity contribution is 5.36. The van der Waals surface area contributed by atoms with Crippen molar-refractivity contribution in [3.63, 3.8) is 0 Å². The van der Waals surface area contributed by atoms with Crippen LogP contribution >= 0.6 is 0 Å². The first-order valence-corrected chi connectivity index (χ1v) is 4.62. The van der Waals surface area contributed by atoms with Crippen LogP contribution in [0.25, 0.3) is 0 Å². The van der Waals surface area contributed by atoms with Crippen molar-refractivity contribution in [1.82, 2.24) is 0 Å². The van der Waals surface area contributed by atoms with E-state index in [1.165, 1.54) is 0 Å². The van der Waals surface area contributed by atoms with E-state index >= 15 is 0 Å². The number of nitrogens with two attached hydrogens (primary N) is 1. The molecule has 4 nitrogen and oxygen atoms in total. The lowest BCUT2D eigenvalue weighted by Gasteiger charge is -2.18. The van der Waals surface area contributed by atoms with Crippen molar-refractivity contribution in [3.05, 3.63) is 39.4 Å². The second kappa shape index (κ2) is 4.13. The van der Waals surface area contributed by atoms with Crippen molar-refractivity contribution >= 4 is 5.69 Å². The minimum absolute atomic E-state index is 0.0376. The molecule has 0 unspecified atom stereocenters. The molecule has 88 valence electrons. The molecule has 0 fully saturated rings. The number of nitrogens with zero attached hydrogens (tertiary/aromatic N) is 1. The van der Waals surface area contributed by atoms with E-state index in [-0.39, 0.29) is 12.0 Å². The summed E-state index contributed by atoms with van der Waals surface area (Å²) in [4.78, 5) is 9.38. The van der Waals surface area contributed by atoms with E-state index in [0.717, 1.165) is 6.07 Å². The summed E-state index contributed by atoms with van der Waals surface area (Å²) in [6.07, 6.45) is 0.105. The molecule has 0 aliphatic rings. The second-order valence-corrected chi connectivity index (χ2v) is 4.32. The fourth-order valence-corrected chi connectivity index (χ4v) is 1.34. The molecule has 0 radical (unpaired) electrons. The Balaban J connectivity index is 3.16. The molecule has 6 heteroatoms. The summed E-state index contributed by atoms with van der Waals surface area (Å²) in [5.74, 6) is -1.86. The number of nitro benzene ring substituents is 1. The van der Waals surface area contributed by atoms with Gasteiger partial charge in [-0.15, -0.1) is 0 Å². The van der Waals surface area contributed by atoms with Gasteiger partial charge in [-0.3, -0.25) is 10.1 Å². The summed E-state index contributed by atoms with van der Waals surface area (Å²) in [5, 5.41) is 10.3. The summed E-state index contributed by atoms with van der Waals surface area (Å²) in [6.45, 7) is 3.32. The third kappa shape index (κ3) is 2.96. The van der Waals surface area contributed by atoms with Crippen LogP contribution in [0, 0.1) is 21.7 Å². The molecule has 0 saturated carbocycles. The first-order chi connectivity index (χ1) is 7.20. The number of hydrogen-bond acceptors (Lipinski definition) is 3. The average molecular weight is 230 g/mol. The van der Waals surface area contributed by atoms with Gasteiger partial charge in [0.15, 0.2) is 0 Å². The molecule has 0 amide bonds. The number of nitro groups is 1. The van der Waals surface area contributed by atoms with Crippen molar-refractivity contribution in [2.24, 2.45) is 5.73 Å². The van der Waals surface area contributed by atoms with E-state index in [2.05, 4.69) is 0 Å². The summed E-state index contributed by atoms with van der Waals surface area (Å²) >= 11 is 0. The SMILES string of the molecule is CC(C)(N)Cc1cc(F)c([N+](=O)[O-])cc1F. The Bertz CT molecular complexity index is 428. The molecule has 0 aliphatic carbocycles. The van der Waals surface area contributed by atoms with E-state index in [1.54, 1.807) is 13.8 Å². The Morgan fingerprint density at radius 1 is 1.38 bits per heavy atom. The smallest absolute Gasteiger partial charge is 0.307 e. The molecule has 1 aromatic carbocycles. The summed E-state index contributed by atoms with van der Waals surface area (Å²) < 4.78 is 26.6. The van der Waals surface area contributed by atoms with Gasteiger partial charge in [0.1, 0.15) is 5.82 Å². The van der Waals surface area contributed by atoms with E-state index in [4.69, 9.17) is 5.73 Å². The van der Waals surface area contributed by atoms with Gasteiger partial charge in [-0.1, -0.05) is 0 Å². The lowest BCUT2D eigenvalue weighted by atomic mass is 9.95. The topological polar surface area (TPSA) is 69.2 Å². The van der Waals surface area contributed by atoms with Gasteiger partial charge in [0.05, 0.1) is 11.0 Å². The summed E-state index contributed by atoms with van der Waals surface area (Å²) in [7, 11) is 0. The van der Waals surface area contributed by atoms with Gasteiger partial charge >= 0.3 is 5.69 Å². The van der Waals surface area contributed by atoms with Gasteiger partial charge in [-0.2, -0.15) is 4.39 Å². The molecule has 0 heterocycles. The molecule has 0 saturated heterocycles. The number of hydrogen-bond donors (Lipinski definition) is 1. The predicted octanol–water partition coefficient (Wildman–Crippen LogP) is 2.15. The molecule has 0 atom stereocenters. The van der Waals surface area contributed by atoms with E-state index in [9.17, 15) is 18.9 Å². The van der Waals surface area contributed by atoms with Crippen LogP contribution in [0.15, 0.2) is 12.1 Å². The minimum Gasteiger partial charge on any atom is -0.325 e. The maximum absolute atomic E-state index is 13.4. The van der Waals surface area contributed by atoms with E-state index in [1.807, 2.05) is 0 Å². The summed E-state index contributed by atoms with van der Waals surface area (Å²) in [6, 6.07) is 1.40. The third-order valence-corrected chi connectivity index (χ3v) is 1.96. The standard InChI is InChI=1S/C10H12F2N2O2/c1-10(2,13)5-6-3-8(12)9(14(15)16)4-7(6)11/h3-4H,5,13H2,1-2H3. The largest absolute Gasteiger partial charge is 0.325 e. The lowest BCUT2D eigenvalue weighted by Crippen LogP contribution is -2.34. The Kier molecular flexibility index (Phi) is 3.23. The Morgan fingerprint density at radius 3 is 2.38 bits per heavy atom. The zero-order chi connectivity index (χ0) is 12.5. The quantitative estimate of drug-likeness (QED) is 0.639. The van der Waals surface area contributed by atoms with Crippen LogP contribution in [0.5, 0.6) is 0 Å². The van der Waals surface area contributed by atoms with Crippen LogP contribution in [0.1, 0.15) is 19.4 Å². The molecule has 0 bridgehead atoms. The molecule has 0 aliphatic heterocycles. The number of rotatable bonds is 3. The fraction of sp³-hybridized carbons (Fsp3) is 0.400. The Hall–Kier alpha value is -1.56. The first kappa shape index (κ1) is 12.5. The summed E-state index contributed by atoms with van der Waals surface area (Å²) in [5.41, 5.74) is 4.13. The van der Waals surface area contributed by atoms with Crippen molar-refractivity contribution in [2.45, 2.75) is 25.8 Å². The van der Waals surface area contributed by atoms with Gasteiger partial charge in [0.2, 0.25) is 5.82 Å². The lowest BCUT2D eigenvalue weighted by molar-refractivity contribution is -0.387. The molecule has 0 aromatic heterocycles. The van der Waals surface area contributed by atoms with Crippen LogP contribution in [0.3, 0.4) is 0 Å². The van der Waals surface area contributed by atoms with Crippen molar-refractivity contribution in [1.29, 1.82) is 0 Å². The van der Waals surface area contributed by atoms with E-state index in [0.29, 0.717) is 6.07 Å². The highest BCUT2D eigenvalue weighted by Gasteiger charge is 2.21. The molecule has 1 aromatic rings. The van der Waals surface area contributed by atoms with Gasteiger partial charge in [0, 0.05) is 5.54 Å². The van der Waals surface area contributed by atoms with Gasteiger partial charge < -0.3 is 5.73 Å². The van der Waals surface area contributed by atoms with E-state index < -0.39 is 27.8 Å². The number of benzene rings is 1. The van der Waals surface area contributed by atoms with Crippen LogP contribution in [0.2, 0.25) is 0 Å². The van der Waals surface area contributed by atoms with Gasteiger partial charge in [-0.05, 0) is 31.9 Å². The number of halogens is 2. The van der Waals surface area contributed by atoms with Crippen molar-refractivity contribution < 1.29 is 13.7 Å². The van der Waals surface area contributed by atoms with Crippen LogP contribution in [-0.4, -0.2) is 10.5 Å². The highest BCUT2D eigenvalue weighted by Crippen LogP contribution is 2.23. The molecule has 16 heavy (non-hydrogen) atoms. The first-order valence-electron chi connectivity index (χ1n) is 4.62. The van der Waals surface area contributed by atoms with Crippen LogP contribution < -0.4 is 5.73 Å². The second-order valence-electron chi connectivity index (χ2n) is 4.32.